The van der Waals surface area contributed by atoms with E-state index in [-0.39, 0.29) is 5.75 Å². The van der Waals surface area contributed by atoms with E-state index in [1.165, 1.54) is 12.4 Å². The fraction of sp³-hybridized carbons (Fsp3) is 0.182. The predicted molar refractivity (Wildman–Crippen MR) is 59.2 cm³/mol. The number of anilines is 1. The summed E-state index contributed by atoms with van der Waals surface area (Å²) in [4.78, 5) is 0. The van der Waals surface area contributed by atoms with Crippen molar-refractivity contribution in [3.8, 4) is 11.5 Å². The number of nitrogens with two attached hydrogens (primary N) is 1. The molecule has 7 heteroatoms. The van der Waals surface area contributed by atoms with Gasteiger partial charge in [-0.15, -0.1) is 0 Å². The maximum absolute atomic E-state index is 12.1. The largest absolute Gasteiger partial charge is 0.454 e. The predicted octanol–water partition coefficient (Wildman–Crippen LogP) is 2.82. The van der Waals surface area contributed by atoms with Crippen LogP contribution in [-0.4, -0.2) is 16.0 Å². The van der Waals surface area contributed by atoms with Crippen LogP contribution in [0.4, 0.5) is 18.9 Å². The summed E-state index contributed by atoms with van der Waals surface area (Å²) < 4.78 is 42.4. The molecular formula is C11H10F3N3O. The summed E-state index contributed by atoms with van der Waals surface area (Å²) in [5.74, 6) is 0.722. The fourth-order valence-electron chi connectivity index (χ4n) is 1.34. The lowest BCUT2D eigenvalue weighted by molar-refractivity contribution is -0.142. The van der Waals surface area contributed by atoms with Crippen LogP contribution in [0.5, 0.6) is 11.5 Å². The van der Waals surface area contributed by atoms with Crippen molar-refractivity contribution < 1.29 is 17.9 Å². The van der Waals surface area contributed by atoms with Crippen molar-refractivity contribution >= 4 is 5.69 Å². The van der Waals surface area contributed by atoms with Crippen LogP contribution < -0.4 is 10.5 Å². The summed E-state index contributed by atoms with van der Waals surface area (Å²) >= 11 is 0. The van der Waals surface area contributed by atoms with E-state index in [1.807, 2.05) is 0 Å². The van der Waals surface area contributed by atoms with Gasteiger partial charge in [-0.1, -0.05) is 0 Å². The first-order valence-electron chi connectivity index (χ1n) is 5.05. The molecule has 2 aromatic rings. The van der Waals surface area contributed by atoms with Crippen LogP contribution in [0.2, 0.25) is 0 Å². The van der Waals surface area contributed by atoms with E-state index in [0.29, 0.717) is 11.4 Å². The molecule has 0 atom stereocenters. The number of halogens is 3. The van der Waals surface area contributed by atoms with E-state index < -0.39 is 12.7 Å². The third-order valence-electron chi connectivity index (χ3n) is 2.07. The van der Waals surface area contributed by atoms with Crippen molar-refractivity contribution in [1.29, 1.82) is 0 Å². The Kier molecular flexibility index (Phi) is 3.14. The highest BCUT2D eigenvalue weighted by atomic mass is 19.4. The van der Waals surface area contributed by atoms with Crippen LogP contribution >= 0.6 is 0 Å². The molecule has 0 bridgehead atoms. The van der Waals surface area contributed by atoms with Crippen molar-refractivity contribution in [1.82, 2.24) is 9.78 Å². The monoisotopic (exact) mass is 257 g/mol. The Morgan fingerprint density at radius 3 is 2.44 bits per heavy atom. The van der Waals surface area contributed by atoms with Crippen molar-refractivity contribution in [2.75, 3.05) is 5.73 Å². The van der Waals surface area contributed by atoms with Crippen LogP contribution in [0.25, 0.3) is 0 Å². The maximum Gasteiger partial charge on any atom is 0.408 e. The summed E-state index contributed by atoms with van der Waals surface area (Å²) in [5.41, 5.74) is 6.08. The average molecular weight is 257 g/mol. The molecule has 4 nitrogen and oxygen atoms in total. The molecule has 96 valence electrons. The molecule has 1 aromatic heterocycles. The van der Waals surface area contributed by atoms with Gasteiger partial charge in [-0.3, -0.25) is 4.68 Å². The van der Waals surface area contributed by atoms with Gasteiger partial charge in [0.2, 0.25) is 0 Å². The topological polar surface area (TPSA) is 53.1 Å². The molecule has 0 unspecified atom stereocenters. The molecule has 0 aliphatic carbocycles. The third-order valence-corrected chi connectivity index (χ3v) is 2.07. The highest BCUT2D eigenvalue weighted by Crippen LogP contribution is 2.23. The molecule has 0 spiro atoms. The van der Waals surface area contributed by atoms with Gasteiger partial charge in [-0.25, -0.2) is 0 Å². The number of rotatable bonds is 3. The second-order valence-corrected chi connectivity index (χ2v) is 3.66. The van der Waals surface area contributed by atoms with Gasteiger partial charge in [0.25, 0.3) is 0 Å². The van der Waals surface area contributed by atoms with Crippen molar-refractivity contribution in [2.45, 2.75) is 12.7 Å². The number of hydrogen-bond donors (Lipinski definition) is 1. The lowest BCUT2D eigenvalue weighted by Gasteiger charge is -2.05. The smallest absolute Gasteiger partial charge is 0.408 e. The minimum absolute atomic E-state index is 0.240. The van der Waals surface area contributed by atoms with Crippen LogP contribution in [0, 0.1) is 0 Å². The van der Waals surface area contributed by atoms with Gasteiger partial charge >= 0.3 is 6.18 Å². The van der Waals surface area contributed by atoms with Crippen molar-refractivity contribution in [2.24, 2.45) is 0 Å². The molecule has 0 fully saturated rings. The second-order valence-electron chi connectivity index (χ2n) is 3.66. The van der Waals surface area contributed by atoms with Gasteiger partial charge < -0.3 is 10.5 Å². The first-order chi connectivity index (χ1) is 8.42. The first-order valence-corrected chi connectivity index (χ1v) is 5.05. The number of benzene rings is 1. The Hall–Kier alpha value is -2.18. The second kappa shape index (κ2) is 4.59. The lowest BCUT2D eigenvalue weighted by atomic mass is 10.3. The van der Waals surface area contributed by atoms with Gasteiger partial charge in [0, 0.05) is 5.69 Å². The van der Waals surface area contributed by atoms with Gasteiger partial charge in [0.05, 0.1) is 12.4 Å². The molecule has 2 N–H and O–H groups in total. The Balaban J connectivity index is 2.04. The molecule has 18 heavy (non-hydrogen) atoms. The minimum Gasteiger partial charge on any atom is -0.454 e. The van der Waals surface area contributed by atoms with Crippen molar-refractivity contribution in [3.63, 3.8) is 0 Å². The number of aromatic nitrogens is 2. The van der Waals surface area contributed by atoms with Crippen LogP contribution in [0.15, 0.2) is 36.7 Å². The van der Waals surface area contributed by atoms with Gasteiger partial charge in [0.15, 0.2) is 5.75 Å². The molecule has 0 aliphatic rings. The van der Waals surface area contributed by atoms with Gasteiger partial charge in [-0.2, -0.15) is 18.3 Å². The van der Waals surface area contributed by atoms with Gasteiger partial charge in [0.1, 0.15) is 12.3 Å². The van der Waals surface area contributed by atoms with Crippen LogP contribution in [0.3, 0.4) is 0 Å². The maximum atomic E-state index is 12.1. The fourth-order valence-corrected chi connectivity index (χ4v) is 1.34. The van der Waals surface area contributed by atoms with Crippen molar-refractivity contribution in [3.05, 3.63) is 36.7 Å². The molecule has 0 amide bonds. The average Bonchev–Trinajstić information content (AvgIpc) is 2.66. The highest BCUT2D eigenvalue weighted by molar-refractivity contribution is 5.42. The van der Waals surface area contributed by atoms with E-state index >= 15 is 0 Å². The number of nitrogen functional groups attached to an aromatic ring is 1. The summed E-state index contributed by atoms with van der Waals surface area (Å²) in [5, 5.41) is 3.56. The normalized spacial score (nSPS) is 11.5. The standard InChI is InChI=1S/C11H10F3N3O/c12-11(13,14)7-17-6-10(5-16-17)18-9-3-1-8(15)2-4-9/h1-6H,7,15H2. The van der Waals surface area contributed by atoms with Crippen LogP contribution in [-0.2, 0) is 6.54 Å². The third kappa shape index (κ3) is 3.41. The van der Waals surface area contributed by atoms with E-state index in [9.17, 15) is 13.2 Å². The zero-order valence-corrected chi connectivity index (χ0v) is 9.19. The minimum atomic E-state index is -4.30. The van der Waals surface area contributed by atoms with E-state index in [1.54, 1.807) is 24.3 Å². The Morgan fingerprint density at radius 1 is 1.17 bits per heavy atom. The summed E-state index contributed by atoms with van der Waals surface area (Å²) in [6.07, 6.45) is -1.89. The quantitative estimate of drug-likeness (QED) is 0.860. The Morgan fingerprint density at radius 2 is 1.83 bits per heavy atom. The Bertz CT molecular complexity index is 519. The summed E-state index contributed by atoms with van der Waals surface area (Å²) in [6, 6.07) is 6.51. The van der Waals surface area contributed by atoms with E-state index in [4.69, 9.17) is 10.5 Å². The molecule has 0 radical (unpaired) electrons. The highest BCUT2D eigenvalue weighted by Gasteiger charge is 2.28. The summed E-state index contributed by atoms with van der Waals surface area (Å²) in [6.45, 7) is -1.14. The molecule has 1 heterocycles. The summed E-state index contributed by atoms with van der Waals surface area (Å²) in [7, 11) is 0. The number of hydrogen-bond acceptors (Lipinski definition) is 3. The number of ether oxygens (including phenoxy) is 1. The lowest BCUT2D eigenvalue weighted by Crippen LogP contribution is -2.17. The molecule has 0 saturated carbocycles. The zero-order chi connectivity index (χ0) is 13.2. The van der Waals surface area contributed by atoms with E-state index in [2.05, 4.69) is 5.10 Å². The number of alkyl halides is 3. The molecule has 0 saturated heterocycles. The molecule has 1 aromatic carbocycles. The van der Waals surface area contributed by atoms with Crippen LogP contribution in [0.1, 0.15) is 0 Å². The van der Waals surface area contributed by atoms with Gasteiger partial charge in [-0.05, 0) is 24.3 Å². The molecule has 0 aliphatic heterocycles. The zero-order valence-electron chi connectivity index (χ0n) is 9.19. The molecule has 2 rings (SSSR count). The first kappa shape index (κ1) is 12.3. The van der Waals surface area contributed by atoms with E-state index in [0.717, 1.165) is 4.68 Å². The SMILES string of the molecule is Nc1ccc(Oc2cnn(CC(F)(F)F)c2)cc1. The molecular weight excluding hydrogens is 247 g/mol. The number of nitrogens with zero attached hydrogens (tertiary/aromatic N) is 2. The Labute approximate surface area is 101 Å².